The molecule has 1 aromatic carbocycles. The number of nitrogens with zero attached hydrogens (tertiary/aromatic N) is 1. The van der Waals surface area contributed by atoms with Gasteiger partial charge in [-0.1, -0.05) is 58.4 Å². The Morgan fingerprint density at radius 1 is 1.11 bits per heavy atom. The second-order valence-electron chi connectivity index (χ2n) is 3.89. The summed E-state index contributed by atoms with van der Waals surface area (Å²) in [5.41, 5.74) is 4.14. The molecule has 0 unspecified atom stereocenters. The van der Waals surface area contributed by atoms with Crippen molar-refractivity contribution >= 4 is 17.2 Å². The summed E-state index contributed by atoms with van der Waals surface area (Å²) >= 11 is 0. The van der Waals surface area contributed by atoms with E-state index >= 15 is 0 Å². The van der Waals surface area contributed by atoms with Crippen molar-refractivity contribution in [1.29, 1.82) is 0 Å². The summed E-state index contributed by atoms with van der Waals surface area (Å²) in [4.78, 5) is 13.8. The number of likely N-dealkylation sites (N-methyl/N-ethyl adjacent to an activating group) is 1. The maximum absolute atomic E-state index is 12.0. The van der Waals surface area contributed by atoms with E-state index in [1.807, 2.05) is 65.9 Å². The zero-order valence-electron chi connectivity index (χ0n) is 13.4. The Labute approximate surface area is 118 Å². The minimum atomic E-state index is 0.121. The first-order chi connectivity index (χ1) is 9.16. The normalized spacial score (nSPS) is 14.9. The summed E-state index contributed by atoms with van der Waals surface area (Å²) in [7, 11) is 1.83. The van der Waals surface area contributed by atoms with E-state index in [1.165, 1.54) is 0 Å². The van der Waals surface area contributed by atoms with Gasteiger partial charge in [-0.25, -0.2) is 0 Å². The van der Waals surface area contributed by atoms with E-state index in [0.29, 0.717) is 0 Å². The smallest absolute Gasteiger partial charge is 0.258 e. The van der Waals surface area contributed by atoms with Crippen molar-refractivity contribution in [3.63, 3.8) is 0 Å². The van der Waals surface area contributed by atoms with E-state index in [2.05, 4.69) is 6.92 Å². The van der Waals surface area contributed by atoms with Gasteiger partial charge < -0.3 is 4.90 Å². The molecule has 1 heterocycles. The van der Waals surface area contributed by atoms with Gasteiger partial charge in [0.05, 0.1) is 5.69 Å². The van der Waals surface area contributed by atoms with Crippen LogP contribution in [0.1, 0.15) is 53.5 Å². The number of carbonyl (C=O) groups excluding carboxylic acids is 1. The first-order valence-corrected chi connectivity index (χ1v) is 7.24. The van der Waals surface area contributed by atoms with Crippen LogP contribution in [0.15, 0.2) is 29.8 Å². The SMILES string of the molecule is CC.CC.CC/C(C)=C1\C(=O)N(C)c2ccccc21. The van der Waals surface area contributed by atoms with Crippen LogP contribution in [-0.2, 0) is 4.79 Å². The lowest BCUT2D eigenvalue weighted by Crippen LogP contribution is -2.20. The van der Waals surface area contributed by atoms with Crippen LogP contribution in [0.3, 0.4) is 0 Å². The van der Waals surface area contributed by atoms with Gasteiger partial charge in [0.1, 0.15) is 0 Å². The monoisotopic (exact) mass is 261 g/mol. The maximum atomic E-state index is 12.0. The third kappa shape index (κ3) is 3.46. The summed E-state index contributed by atoms with van der Waals surface area (Å²) in [6, 6.07) is 7.95. The predicted octanol–water partition coefficient (Wildman–Crippen LogP) is 4.90. The minimum Gasteiger partial charge on any atom is -0.311 e. The predicted molar refractivity (Wildman–Crippen MR) is 85.4 cm³/mol. The molecule has 0 radical (unpaired) electrons. The fourth-order valence-electron chi connectivity index (χ4n) is 1.96. The molecule has 0 saturated carbocycles. The highest BCUT2D eigenvalue weighted by Gasteiger charge is 2.30. The minimum absolute atomic E-state index is 0.121. The van der Waals surface area contributed by atoms with Gasteiger partial charge in [-0.05, 0) is 19.4 Å². The number of hydrogen-bond acceptors (Lipinski definition) is 1. The highest BCUT2D eigenvalue weighted by Crippen LogP contribution is 2.37. The summed E-state index contributed by atoms with van der Waals surface area (Å²) in [6.07, 6.45) is 0.920. The lowest BCUT2D eigenvalue weighted by atomic mass is 10.0. The number of fused-ring (bicyclic) bond motifs is 1. The molecule has 2 rings (SSSR count). The molecule has 0 bridgehead atoms. The van der Waals surface area contributed by atoms with Crippen molar-refractivity contribution in [3.8, 4) is 0 Å². The average molecular weight is 261 g/mol. The Kier molecular flexibility index (Phi) is 7.81. The van der Waals surface area contributed by atoms with Crippen LogP contribution in [0.4, 0.5) is 5.69 Å². The number of rotatable bonds is 1. The Balaban J connectivity index is 0.000000741. The highest BCUT2D eigenvalue weighted by atomic mass is 16.2. The number of hydrogen-bond donors (Lipinski definition) is 0. The van der Waals surface area contributed by atoms with Crippen LogP contribution < -0.4 is 4.90 Å². The average Bonchev–Trinajstić information content (AvgIpc) is 2.75. The topological polar surface area (TPSA) is 20.3 Å². The van der Waals surface area contributed by atoms with E-state index in [0.717, 1.165) is 28.8 Å². The third-order valence-electron chi connectivity index (χ3n) is 3.01. The Bertz CT molecular complexity index is 446. The second kappa shape index (κ2) is 8.52. The second-order valence-corrected chi connectivity index (χ2v) is 3.89. The van der Waals surface area contributed by atoms with Crippen LogP contribution in [0.2, 0.25) is 0 Å². The molecule has 0 atom stereocenters. The first-order valence-electron chi connectivity index (χ1n) is 7.24. The zero-order chi connectivity index (χ0) is 15.0. The van der Waals surface area contributed by atoms with Crippen molar-refractivity contribution < 1.29 is 4.79 Å². The zero-order valence-corrected chi connectivity index (χ0v) is 13.4. The molecule has 1 aliphatic rings. The van der Waals surface area contributed by atoms with Gasteiger partial charge in [0.15, 0.2) is 0 Å². The molecule has 0 aliphatic carbocycles. The van der Waals surface area contributed by atoms with Gasteiger partial charge in [0.25, 0.3) is 5.91 Å². The number of benzene rings is 1. The molecule has 1 aliphatic heterocycles. The fraction of sp³-hybridized carbons (Fsp3) is 0.471. The van der Waals surface area contributed by atoms with Gasteiger partial charge in [-0.15, -0.1) is 0 Å². The van der Waals surface area contributed by atoms with E-state index in [-0.39, 0.29) is 5.91 Å². The molecular weight excluding hydrogens is 234 g/mol. The van der Waals surface area contributed by atoms with Gasteiger partial charge >= 0.3 is 0 Å². The van der Waals surface area contributed by atoms with E-state index in [9.17, 15) is 4.79 Å². The number of amides is 1. The van der Waals surface area contributed by atoms with Crippen molar-refractivity contribution in [3.05, 3.63) is 35.4 Å². The molecule has 0 fully saturated rings. The molecule has 1 amide bonds. The molecule has 2 heteroatoms. The molecule has 0 spiro atoms. The van der Waals surface area contributed by atoms with Gasteiger partial charge in [-0.3, -0.25) is 4.79 Å². The fourth-order valence-corrected chi connectivity index (χ4v) is 1.96. The third-order valence-corrected chi connectivity index (χ3v) is 3.01. The van der Waals surface area contributed by atoms with Crippen LogP contribution in [0.5, 0.6) is 0 Å². The Morgan fingerprint density at radius 3 is 2.16 bits per heavy atom. The molecule has 1 aromatic rings. The molecule has 2 nitrogen and oxygen atoms in total. The lowest BCUT2D eigenvalue weighted by Gasteiger charge is -2.08. The van der Waals surface area contributed by atoms with E-state index in [4.69, 9.17) is 0 Å². The van der Waals surface area contributed by atoms with Crippen LogP contribution in [-0.4, -0.2) is 13.0 Å². The summed E-state index contributed by atoms with van der Waals surface area (Å²) in [5.74, 6) is 0.121. The number of para-hydroxylation sites is 1. The van der Waals surface area contributed by atoms with Crippen LogP contribution in [0.25, 0.3) is 5.57 Å². The van der Waals surface area contributed by atoms with Crippen LogP contribution >= 0.6 is 0 Å². The molecule has 0 saturated heterocycles. The van der Waals surface area contributed by atoms with Crippen molar-refractivity contribution in [2.45, 2.75) is 48.0 Å². The summed E-state index contributed by atoms with van der Waals surface area (Å²) < 4.78 is 0. The highest BCUT2D eigenvalue weighted by molar-refractivity contribution is 6.32. The lowest BCUT2D eigenvalue weighted by molar-refractivity contribution is -0.112. The number of carbonyl (C=O) groups is 1. The van der Waals surface area contributed by atoms with Gasteiger partial charge in [0.2, 0.25) is 0 Å². The molecular formula is C17H27NO. The Hall–Kier alpha value is -1.57. The molecule has 106 valence electrons. The van der Waals surface area contributed by atoms with Crippen molar-refractivity contribution in [1.82, 2.24) is 0 Å². The Morgan fingerprint density at radius 2 is 1.63 bits per heavy atom. The molecule has 0 aromatic heterocycles. The standard InChI is InChI=1S/C13H15NO.2C2H6/c1-4-9(2)12-10-7-5-6-8-11(10)14(3)13(12)15;2*1-2/h5-8H,4H2,1-3H3;2*1-2H3/b12-9-;;. The molecule has 19 heavy (non-hydrogen) atoms. The van der Waals surface area contributed by atoms with Crippen molar-refractivity contribution in [2.24, 2.45) is 0 Å². The summed E-state index contributed by atoms with van der Waals surface area (Å²) in [6.45, 7) is 12.1. The van der Waals surface area contributed by atoms with Crippen LogP contribution in [0, 0.1) is 0 Å². The van der Waals surface area contributed by atoms with E-state index < -0.39 is 0 Å². The van der Waals surface area contributed by atoms with Gasteiger partial charge in [0, 0.05) is 18.2 Å². The van der Waals surface area contributed by atoms with E-state index in [1.54, 1.807) is 4.90 Å². The van der Waals surface area contributed by atoms with Crippen molar-refractivity contribution in [2.75, 3.05) is 11.9 Å². The quantitative estimate of drug-likeness (QED) is 0.658. The summed E-state index contributed by atoms with van der Waals surface area (Å²) in [5, 5.41) is 0. The largest absolute Gasteiger partial charge is 0.311 e. The molecule has 0 N–H and O–H groups in total. The maximum Gasteiger partial charge on any atom is 0.258 e. The number of anilines is 1. The first kappa shape index (κ1) is 17.4. The van der Waals surface area contributed by atoms with Gasteiger partial charge in [-0.2, -0.15) is 0 Å². The number of allylic oxidation sites excluding steroid dienone is 1.